The minimum atomic E-state index is 0.128. The average Bonchev–Trinajstić information content (AvgIpc) is 3.12. The van der Waals surface area contributed by atoms with E-state index in [9.17, 15) is 4.79 Å². The molecule has 132 valence electrons. The number of amides is 1. The van der Waals surface area contributed by atoms with Crippen LogP contribution in [0.5, 0.6) is 0 Å². The fraction of sp³-hybridized carbons (Fsp3) is 0.364. The first-order valence-corrected chi connectivity index (χ1v) is 9.35. The maximum atomic E-state index is 13.0. The van der Waals surface area contributed by atoms with Crippen LogP contribution in [-0.4, -0.2) is 30.4 Å². The van der Waals surface area contributed by atoms with E-state index in [1.165, 1.54) is 11.1 Å². The lowest BCUT2D eigenvalue weighted by Crippen LogP contribution is -2.41. The van der Waals surface area contributed by atoms with Gasteiger partial charge in [-0.15, -0.1) is 0 Å². The van der Waals surface area contributed by atoms with Crippen molar-refractivity contribution in [2.75, 3.05) is 24.5 Å². The molecule has 2 aliphatic heterocycles. The number of benzene rings is 2. The summed E-state index contributed by atoms with van der Waals surface area (Å²) in [4.78, 5) is 17.4. The first kappa shape index (κ1) is 16.8. The zero-order chi connectivity index (χ0) is 17.9. The van der Waals surface area contributed by atoms with Crippen molar-refractivity contribution in [3.63, 3.8) is 0 Å². The predicted octanol–water partition coefficient (Wildman–Crippen LogP) is 3.36. The van der Waals surface area contributed by atoms with E-state index < -0.39 is 0 Å². The molecule has 4 heteroatoms. The highest BCUT2D eigenvalue weighted by molar-refractivity contribution is 5.97. The monoisotopic (exact) mass is 345 g/mol. The van der Waals surface area contributed by atoms with Crippen LogP contribution in [0.25, 0.3) is 0 Å². The number of nitriles is 1. The van der Waals surface area contributed by atoms with Crippen molar-refractivity contribution >= 4 is 11.6 Å². The largest absolute Gasteiger partial charge is 0.312 e. The number of nitrogens with zero attached hydrogens (tertiary/aromatic N) is 3. The molecule has 2 aromatic carbocycles. The second-order valence-corrected chi connectivity index (χ2v) is 7.23. The van der Waals surface area contributed by atoms with E-state index >= 15 is 0 Å². The van der Waals surface area contributed by atoms with Crippen LogP contribution in [0, 0.1) is 17.2 Å². The van der Waals surface area contributed by atoms with Crippen LogP contribution in [0.1, 0.15) is 29.5 Å². The lowest BCUT2D eigenvalue weighted by Gasteiger charge is -2.33. The zero-order valence-electron chi connectivity index (χ0n) is 14.9. The number of hydrogen-bond acceptors (Lipinski definition) is 3. The standard InChI is InChI=1S/C22H23N3O/c23-15-17-4-3-5-18(14-17)16-24-11-8-20(9-12-24)22(26)25-13-10-19-6-1-2-7-21(19)25/h1-7,14,20H,8-13,16H2. The van der Waals surface area contributed by atoms with E-state index in [1.807, 2.05) is 35.2 Å². The molecule has 0 aromatic heterocycles. The second kappa shape index (κ2) is 7.31. The lowest BCUT2D eigenvalue weighted by atomic mass is 9.94. The summed E-state index contributed by atoms with van der Waals surface area (Å²) < 4.78 is 0. The molecule has 2 heterocycles. The molecule has 0 unspecified atom stereocenters. The summed E-state index contributed by atoms with van der Waals surface area (Å²) >= 11 is 0. The summed E-state index contributed by atoms with van der Waals surface area (Å²) in [7, 11) is 0. The Kier molecular flexibility index (Phi) is 4.73. The molecule has 2 aromatic rings. The number of para-hydroxylation sites is 1. The van der Waals surface area contributed by atoms with E-state index in [2.05, 4.69) is 29.2 Å². The van der Waals surface area contributed by atoms with Gasteiger partial charge in [0, 0.05) is 24.7 Å². The van der Waals surface area contributed by atoms with Crippen molar-refractivity contribution in [3.8, 4) is 6.07 Å². The van der Waals surface area contributed by atoms with E-state index in [1.54, 1.807) is 0 Å². The predicted molar refractivity (Wildman–Crippen MR) is 102 cm³/mol. The van der Waals surface area contributed by atoms with E-state index in [0.29, 0.717) is 11.5 Å². The van der Waals surface area contributed by atoms with Crippen molar-refractivity contribution in [2.24, 2.45) is 5.92 Å². The summed E-state index contributed by atoms with van der Waals surface area (Å²) in [5, 5.41) is 9.03. The van der Waals surface area contributed by atoms with Crippen LogP contribution < -0.4 is 4.90 Å². The molecule has 0 aliphatic carbocycles. The van der Waals surface area contributed by atoms with Crippen LogP contribution in [0.2, 0.25) is 0 Å². The zero-order valence-corrected chi connectivity index (χ0v) is 14.9. The molecular weight excluding hydrogens is 322 g/mol. The minimum absolute atomic E-state index is 0.128. The molecule has 4 nitrogen and oxygen atoms in total. The van der Waals surface area contributed by atoms with Gasteiger partial charge in [-0.3, -0.25) is 9.69 Å². The molecule has 0 atom stereocenters. The maximum Gasteiger partial charge on any atom is 0.230 e. The number of carbonyl (C=O) groups excluding carboxylic acids is 1. The molecular formula is C22H23N3O. The maximum absolute atomic E-state index is 13.0. The van der Waals surface area contributed by atoms with Crippen LogP contribution in [-0.2, 0) is 17.8 Å². The highest BCUT2D eigenvalue weighted by Crippen LogP contribution is 2.31. The van der Waals surface area contributed by atoms with Gasteiger partial charge in [0.15, 0.2) is 0 Å². The van der Waals surface area contributed by atoms with E-state index in [-0.39, 0.29) is 5.92 Å². The van der Waals surface area contributed by atoms with Crippen molar-refractivity contribution in [2.45, 2.75) is 25.8 Å². The normalized spacial score (nSPS) is 17.7. The molecule has 26 heavy (non-hydrogen) atoms. The quantitative estimate of drug-likeness (QED) is 0.857. The van der Waals surface area contributed by atoms with Gasteiger partial charge in [0.05, 0.1) is 11.6 Å². The van der Waals surface area contributed by atoms with Crippen LogP contribution >= 0.6 is 0 Å². The number of anilines is 1. The molecule has 0 N–H and O–H groups in total. The van der Waals surface area contributed by atoms with Gasteiger partial charge in [-0.1, -0.05) is 30.3 Å². The van der Waals surface area contributed by atoms with Gasteiger partial charge in [0.1, 0.15) is 0 Å². The molecule has 0 spiro atoms. The second-order valence-electron chi connectivity index (χ2n) is 7.23. The summed E-state index contributed by atoms with van der Waals surface area (Å²) in [6.07, 6.45) is 2.79. The van der Waals surface area contributed by atoms with E-state index in [4.69, 9.17) is 5.26 Å². The number of rotatable bonds is 3. The molecule has 0 bridgehead atoms. The smallest absolute Gasteiger partial charge is 0.230 e. The third-order valence-corrected chi connectivity index (χ3v) is 5.55. The highest BCUT2D eigenvalue weighted by atomic mass is 16.2. The van der Waals surface area contributed by atoms with Crippen molar-refractivity contribution in [1.29, 1.82) is 5.26 Å². The van der Waals surface area contributed by atoms with Crippen LogP contribution in [0.3, 0.4) is 0 Å². The topological polar surface area (TPSA) is 47.3 Å². The third-order valence-electron chi connectivity index (χ3n) is 5.55. The first-order valence-electron chi connectivity index (χ1n) is 9.35. The fourth-order valence-corrected chi connectivity index (χ4v) is 4.12. The Bertz CT molecular complexity index is 846. The van der Waals surface area contributed by atoms with Gasteiger partial charge in [-0.2, -0.15) is 5.26 Å². The fourth-order valence-electron chi connectivity index (χ4n) is 4.12. The van der Waals surface area contributed by atoms with Gasteiger partial charge >= 0.3 is 0 Å². The number of likely N-dealkylation sites (tertiary alicyclic amines) is 1. The van der Waals surface area contributed by atoms with Gasteiger partial charge in [0.2, 0.25) is 5.91 Å². The molecule has 2 aliphatic rings. The van der Waals surface area contributed by atoms with Crippen LogP contribution in [0.4, 0.5) is 5.69 Å². The SMILES string of the molecule is N#Cc1cccc(CN2CCC(C(=O)N3CCc4ccccc43)CC2)c1. The third kappa shape index (κ3) is 3.36. The lowest BCUT2D eigenvalue weighted by molar-refractivity contribution is -0.123. The Labute approximate surface area is 154 Å². The number of hydrogen-bond donors (Lipinski definition) is 0. The molecule has 0 radical (unpaired) electrons. The Morgan fingerprint density at radius 3 is 2.69 bits per heavy atom. The van der Waals surface area contributed by atoms with Crippen LogP contribution in [0.15, 0.2) is 48.5 Å². The Morgan fingerprint density at radius 2 is 1.88 bits per heavy atom. The van der Waals surface area contributed by atoms with Gasteiger partial charge in [-0.25, -0.2) is 0 Å². The van der Waals surface area contributed by atoms with Gasteiger partial charge in [0.25, 0.3) is 0 Å². The molecule has 0 saturated carbocycles. The average molecular weight is 345 g/mol. The summed E-state index contributed by atoms with van der Waals surface area (Å²) in [5.41, 5.74) is 4.27. The first-order chi connectivity index (χ1) is 12.7. The molecule has 1 amide bonds. The van der Waals surface area contributed by atoms with Gasteiger partial charge in [-0.05, 0) is 61.7 Å². The Morgan fingerprint density at radius 1 is 1.08 bits per heavy atom. The van der Waals surface area contributed by atoms with E-state index in [0.717, 1.165) is 51.1 Å². The van der Waals surface area contributed by atoms with Crippen molar-refractivity contribution in [3.05, 3.63) is 65.2 Å². The molecule has 4 rings (SSSR count). The summed E-state index contributed by atoms with van der Waals surface area (Å²) in [6, 6.07) is 18.3. The minimum Gasteiger partial charge on any atom is -0.312 e. The highest BCUT2D eigenvalue weighted by Gasteiger charge is 2.32. The number of fused-ring (bicyclic) bond motifs is 1. The number of piperidine rings is 1. The van der Waals surface area contributed by atoms with Crippen molar-refractivity contribution < 1.29 is 4.79 Å². The Hall–Kier alpha value is -2.64. The molecule has 1 saturated heterocycles. The molecule has 1 fully saturated rings. The summed E-state index contributed by atoms with van der Waals surface area (Å²) in [6.45, 7) is 3.54. The summed E-state index contributed by atoms with van der Waals surface area (Å²) in [5.74, 6) is 0.420. The Balaban J connectivity index is 1.35. The van der Waals surface area contributed by atoms with Crippen molar-refractivity contribution in [1.82, 2.24) is 4.90 Å². The van der Waals surface area contributed by atoms with Gasteiger partial charge < -0.3 is 4.90 Å². The number of carbonyl (C=O) groups is 1.